The Bertz CT molecular complexity index is 651. The first-order chi connectivity index (χ1) is 12.2. The molecule has 1 aliphatic heterocycles. The molecule has 26 heavy (non-hydrogen) atoms. The Labute approximate surface area is 158 Å². The number of aliphatic imine (C=N–C) groups is 1. The molecule has 0 aromatic heterocycles. The van der Waals surface area contributed by atoms with Crippen molar-refractivity contribution in [3.05, 3.63) is 35.4 Å². The summed E-state index contributed by atoms with van der Waals surface area (Å²) in [6.45, 7) is 12.9. The monoisotopic (exact) mass is 358 g/mol. The van der Waals surface area contributed by atoms with Gasteiger partial charge in [-0.15, -0.1) is 0 Å². The van der Waals surface area contributed by atoms with Crippen LogP contribution in [-0.4, -0.2) is 49.5 Å². The Morgan fingerprint density at radius 1 is 1.38 bits per heavy atom. The summed E-state index contributed by atoms with van der Waals surface area (Å²) in [5.74, 6) is 1.09. The number of hydrogen-bond donors (Lipinski definition) is 2. The smallest absolute Gasteiger partial charge is 0.225 e. The van der Waals surface area contributed by atoms with Crippen LogP contribution in [0.3, 0.4) is 0 Å². The molecule has 1 heterocycles. The third-order valence-electron chi connectivity index (χ3n) is 5.06. The molecular weight excluding hydrogens is 324 g/mol. The lowest BCUT2D eigenvalue weighted by Crippen LogP contribution is -2.48. The summed E-state index contributed by atoms with van der Waals surface area (Å²) >= 11 is 0. The van der Waals surface area contributed by atoms with E-state index in [1.165, 1.54) is 11.1 Å². The Balaban J connectivity index is 1.89. The van der Waals surface area contributed by atoms with Gasteiger partial charge in [0.1, 0.15) is 0 Å². The molecule has 1 unspecified atom stereocenters. The number of benzene rings is 1. The molecule has 0 spiro atoms. The predicted octanol–water partition coefficient (Wildman–Crippen LogP) is 2.69. The molecule has 1 atom stereocenters. The van der Waals surface area contributed by atoms with Crippen LogP contribution in [0.25, 0.3) is 0 Å². The number of aryl methyl sites for hydroxylation is 1. The SMILES string of the molecule is CN=C(NCC(C)(C)c1cccc(C)c1)NC1CCN(C(=O)C(C)C)C1. The minimum absolute atomic E-state index is 0.00103. The zero-order valence-electron chi connectivity index (χ0n) is 17.1. The van der Waals surface area contributed by atoms with Crippen LogP contribution in [0.1, 0.15) is 45.2 Å². The van der Waals surface area contributed by atoms with E-state index in [4.69, 9.17) is 0 Å². The molecule has 5 heteroatoms. The van der Waals surface area contributed by atoms with E-state index in [1.54, 1.807) is 7.05 Å². The topological polar surface area (TPSA) is 56.7 Å². The van der Waals surface area contributed by atoms with Crippen LogP contribution in [-0.2, 0) is 10.2 Å². The number of rotatable bonds is 5. The normalized spacial score (nSPS) is 18.3. The van der Waals surface area contributed by atoms with Crippen LogP contribution in [0.5, 0.6) is 0 Å². The molecule has 0 bridgehead atoms. The van der Waals surface area contributed by atoms with Gasteiger partial charge in [-0.25, -0.2) is 0 Å². The quantitative estimate of drug-likeness (QED) is 0.628. The fourth-order valence-corrected chi connectivity index (χ4v) is 3.30. The highest BCUT2D eigenvalue weighted by Crippen LogP contribution is 2.23. The molecule has 1 fully saturated rings. The lowest BCUT2D eigenvalue weighted by molar-refractivity contribution is -0.133. The maximum absolute atomic E-state index is 12.1. The van der Waals surface area contributed by atoms with E-state index in [0.717, 1.165) is 32.0 Å². The van der Waals surface area contributed by atoms with Gasteiger partial charge >= 0.3 is 0 Å². The first kappa shape index (κ1) is 20.3. The van der Waals surface area contributed by atoms with Crippen molar-refractivity contribution in [2.24, 2.45) is 10.9 Å². The number of nitrogens with zero attached hydrogens (tertiary/aromatic N) is 2. The van der Waals surface area contributed by atoms with Gasteiger partial charge in [-0.2, -0.15) is 0 Å². The van der Waals surface area contributed by atoms with Crippen molar-refractivity contribution in [1.82, 2.24) is 15.5 Å². The molecule has 1 aromatic carbocycles. The summed E-state index contributed by atoms with van der Waals surface area (Å²) < 4.78 is 0. The van der Waals surface area contributed by atoms with Crippen molar-refractivity contribution in [3.63, 3.8) is 0 Å². The highest BCUT2D eigenvalue weighted by atomic mass is 16.2. The number of hydrogen-bond acceptors (Lipinski definition) is 2. The van der Waals surface area contributed by atoms with Crippen LogP contribution in [0.2, 0.25) is 0 Å². The zero-order valence-corrected chi connectivity index (χ0v) is 17.1. The molecule has 0 saturated carbocycles. The summed E-state index contributed by atoms with van der Waals surface area (Å²) in [7, 11) is 1.79. The van der Waals surface area contributed by atoms with Crippen molar-refractivity contribution in [2.45, 2.75) is 52.5 Å². The van der Waals surface area contributed by atoms with Crippen LogP contribution in [0.15, 0.2) is 29.3 Å². The van der Waals surface area contributed by atoms with E-state index in [0.29, 0.717) is 0 Å². The van der Waals surface area contributed by atoms with Gasteiger partial charge < -0.3 is 15.5 Å². The van der Waals surface area contributed by atoms with Gasteiger partial charge in [0.15, 0.2) is 5.96 Å². The number of likely N-dealkylation sites (tertiary alicyclic amines) is 1. The second kappa shape index (κ2) is 8.56. The second-order valence-electron chi connectivity index (χ2n) is 8.25. The zero-order chi connectivity index (χ0) is 19.3. The van der Waals surface area contributed by atoms with Crippen molar-refractivity contribution in [2.75, 3.05) is 26.7 Å². The van der Waals surface area contributed by atoms with Gasteiger partial charge in [-0.1, -0.05) is 57.5 Å². The van der Waals surface area contributed by atoms with Crippen LogP contribution >= 0.6 is 0 Å². The van der Waals surface area contributed by atoms with Gasteiger partial charge in [0.05, 0.1) is 0 Å². The average Bonchev–Trinajstić information content (AvgIpc) is 3.06. The number of amides is 1. The molecule has 1 amide bonds. The summed E-state index contributed by atoms with van der Waals surface area (Å²) in [6, 6.07) is 8.91. The van der Waals surface area contributed by atoms with Crippen LogP contribution in [0.4, 0.5) is 0 Å². The molecule has 0 radical (unpaired) electrons. The predicted molar refractivity (Wildman–Crippen MR) is 109 cm³/mol. The third-order valence-corrected chi connectivity index (χ3v) is 5.06. The summed E-state index contributed by atoms with van der Waals surface area (Å²) in [4.78, 5) is 18.5. The largest absolute Gasteiger partial charge is 0.356 e. The Kier molecular flexibility index (Phi) is 6.68. The molecule has 1 aromatic rings. The molecule has 0 aliphatic carbocycles. The van der Waals surface area contributed by atoms with E-state index in [2.05, 4.69) is 60.7 Å². The maximum atomic E-state index is 12.1. The van der Waals surface area contributed by atoms with E-state index < -0.39 is 0 Å². The lowest BCUT2D eigenvalue weighted by atomic mass is 9.84. The molecule has 2 rings (SSSR count). The summed E-state index contributed by atoms with van der Waals surface area (Å²) in [5.41, 5.74) is 2.59. The minimum Gasteiger partial charge on any atom is -0.356 e. The number of nitrogens with one attached hydrogen (secondary N) is 2. The highest BCUT2D eigenvalue weighted by Gasteiger charge is 2.28. The van der Waals surface area contributed by atoms with E-state index in [-0.39, 0.29) is 23.3 Å². The fraction of sp³-hybridized carbons (Fsp3) is 0.619. The van der Waals surface area contributed by atoms with Crippen molar-refractivity contribution in [3.8, 4) is 0 Å². The number of carbonyl (C=O) groups excluding carboxylic acids is 1. The Hall–Kier alpha value is -2.04. The summed E-state index contributed by atoms with van der Waals surface area (Å²) in [5, 5.41) is 6.93. The molecular formula is C21H34N4O. The minimum atomic E-state index is -0.00103. The van der Waals surface area contributed by atoms with E-state index >= 15 is 0 Å². The van der Waals surface area contributed by atoms with Crippen molar-refractivity contribution < 1.29 is 4.79 Å². The van der Waals surface area contributed by atoms with E-state index in [9.17, 15) is 4.79 Å². The third kappa shape index (κ3) is 5.23. The molecule has 1 aliphatic rings. The highest BCUT2D eigenvalue weighted by molar-refractivity contribution is 5.81. The lowest BCUT2D eigenvalue weighted by Gasteiger charge is -2.28. The van der Waals surface area contributed by atoms with Gasteiger partial charge in [-0.3, -0.25) is 9.79 Å². The standard InChI is InChI=1S/C21H34N4O/c1-15(2)19(26)25-11-10-18(13-25)24-20(22-6)23-14-21(4,5)17-9-7-8-16(3)12-17/h7-9,12,15,18H,10-11,13-14H2,1-6H3,(H2,22,23,24). The molecule has 144 valence electrons. The Morgan fingerprint density at radius 2 is 2.12 bits per heavy atom. The van der Waals surface area contributed by atoms with E-state index in [1.807, 2.05) is 18.7 Å². The molecule has 5 nitrogen and oxygen atoms in total. The second-order valence-corrected chi connectivity index (χ2v) is 8.25. The molecule has 2 N–H and O–H groups in total. The molecule has 1 saturated heterocycles. The number of carbonyl (C=O) groups is 1. The Morgan fingerprint density at radius 3 is 2.73 bits per heavy atom. The van der Waals surface area contributed by atoms with Gasteiger partial charge in [0.2, 0.25) is 5.91 Å². The fourth-order valence-electron chi connectivity index (χ4n) is 3.30. The van der Waals surface area contributed by atoms with Crippen LogP contribution in [0, 0.1) is 12.8 Å². The van der Waals surface area contributed by atoms with Gasteiger partial charge in [-0.05, 0) is 18.9 Å². The van der Waals surface area contributed by atoms with Gasteiger partial charge in [0, 0.05) is 44.1 Å². The van der Waals surface area contributed by atoms with Crippen molar-refractivity contribution in [1.29, 1.82) is 0 Å². The van der Waals surface area contributed by atoms with Crippen molar-refractivity contribution >= 4 is 11.9 Å². The summed E-state index contributed by atoms with van der Waals surface area (Å²) in [6.07, 6.45) is 0.959. The first-order valence-corrected chi connectivity index (χ1v) is 9.56. The maximum Gasteiger partial charge on any atom is 0.225 e. The first-order valence-electron chi connectivity index (χ1n) is 9.56. The average molecular weight is 359 g/mol. The van der Waals surface area contributed by atoms with Crippen LogP contribution < -0.4 is 10.6 Å². The van der Waals surface area contributed by atoms with Gasteiger partial charge in [0.25, 0.3) is 0 Å². The number of guanidine groups is 1.